The molecule has 0 saturated carbocycles. The molecule has 1 aromatic heterocycles. The molecule has 2 rings (SSSR count). The average molecular weight is 485 g/mol. The van der Waals surface area contributed by atoms with Gasteiger partial charge in [-0.25, -0.2) is 27.3 Å². The standard InChI is InChI=1S/C9H12F2N3O12P3/c10-4-1-7(14-2-5(11)8(12)13-9(14)15)24-6(4)3-23-28(19,20)26-29(21,22)25-27(16,17)18/h1-2,6-7H,3H2,(H,19,20)(H,21,22)(H2,12,13,15)(H2,16,17,18)/t6-,7-/m0/s1. The van der Waals surface area contributed by atoms with Crippen molar-refractivity contribution in [3.63, 3.8) is 0 Å². The molecule has 0 fully saturated rings. The number of hydrogen-bond donors (Lipinski definition) is 5. The zero-order chi connectivity index (χ0) is 22.2. The van der Waals surface area contributed by atoms with Gasteiger partial charge in [-0.1, -0.05) is 0 Å². The van der Waals surface area contributed by atoms with Crippen LogP contribution in [0.1, 0.15) is 6.23 Å². The molecule has 2 heterocycles. The van der Waals surface area contributed by atoms with Crippen LogP contribution in [0.2, 0.25) is 0 Å². The Balaban J connectivity index is 2.04. The van der Waals surface area contributed by atoms with Gasteiger partial charge in [-0.2, -0.15) is 13.6 Å². The quantitative estimate of drug-likeness (QED) is 0.307. The van der Waals surface area contributed by atoms with E-state index in [2.05, 4.69) is 18.1 Å². The smallest absolute Gasteiger partial charge is 0.381 e. The van der Waals surface area contributed by atoms with Crippen molar-refractivity contribution in [1.29, 1.82) is 0 Å². The van der Waals surface area contributed by atoms with Gasteiger partial charge in [0.2, 0.25) is 0 Å². The highest BCUT2D eigenvalue weighted by atomic mass is 31.3. The van der Waals surface area contributed by atoms with Crippen LogP contribution in [0, 0.1) is 5.82 Å². The van der Waals surface area contributed by atoms with Gasteiger partial charge in [0, 0.05) is 0 Å². The molecule has 1 aliphatic heterocycles. The van der Waals surface area contributed by atoms with Crippen LogP contribution in [0.5, 0.6) is 0 Å². The Morgan fingerprint density at radius 2 is 1.79 bits per heavy atom. The van der Waals surface area contributed by atoms with E-state index in [9.17, 15) is 32.2 Å². The molecular formula is C9H12F2N3O12P3. The number of phosphoric ester groups is 1. The van der Waals surface area contributed by atoms with Crippen molar-refractivity contribution in [1.82, 2.24) is 9.55 Å². The topological polar surface area (TPSA) is 230 Å². The Hall–Kier alpha value is -1.35. The number of halogens is 2. The molecule has 20 heteroatoms. The van der Waals surface area contributed by atoms with Crippen LogP contribution < -0.4 is 11.4 Å². The summed E-state index contributed by atoms with van der Waals surface area (Å²) in [5.41, 5.74) is 4.00. The van der Waals surface area contributed by atoms with E-state index in [1.165, 1.54) is 0 Å². The third kappa shape index (κ3) is 6.84. The Kier molecular flexibility index (Phi) is 6.94. The van der Waals surface area contributed by atoms with Crippen molar-refractivity contribution in [2.75, 3.05) is 12.3 Å². The number of phosphoric acid groups is 3. The van der Waals surface area contributed by atoms with Crippen molar-refractivity contribution in [2.45, 2.75) is 12.3 Å². The van der Waals surface area contributed by atoms with Crippen LogP contribution >= 0.6 is 23.5 Å². The number of nitrogen functional groups attached to an aromatic ring is 1. The van der Waals surface area contributed by atoms with Gasteiger partial charge in [0.1, 0.15) is 11.9 Å². The maximum atomic E-state index is 13.9. The number of anilines is 1. The summed E-state index contributed by atoms with van der Waals surface area (Å²) >= 11 is 0. The second-order valence-electron chi connectivity index (χ2n) is 5.12. The van der Waals surface area contributed by atoms with Crippen molar-refractivity contribution >= 4 is 29.3 Å². The van der Waals surface area contributed by atoms with Crippen LogP contribution in [-0.2, 0) is 31.6 Å². The third-order valence-electron chi connectivity index (χ3n) is 2.93. The first-order valence-corrected chi connectivity index (χ1v) is 11.5. The van der Waals surface area contributed by atoms with E-state index in [4.69, 9.17) is 25.2 Å². The summed E-state index contributed by atoms with van der Waals surface area (Å²) in [5.74, 6) is -2.96. The summed E-state index contributed by atoms with van der Waals surface area (Å²) < 4.78 is 77.3. The fourth-order valence-electron chi connectivity index (χ4n) is 1.89. The third-order valence-corrected chi connectivity index (χ3v) is 6.73. The van der Waals surface area contributed by atoms with Gasteiger partial charge in [0.05, 0.1) is 12.8 Å². The summed E-state index contributed by atoms with van der Waals surface area (Å²) in [5, 5.41) is 0. The summed E-state index contributed by atoms with van der Waals surface area (Å²) in [7, 11) is -16.8. The highest BCUT2D eigenvalue weighted by Gasteiger charge is 2.42. The number of nitrogens with two attached hydrogens (primary N) is 1. The molecule has 15 nitrogen and oxygen atoms in total. The second-order valence-corrected chi connectivity index (χ2v) is 9.54. The lowest BCUT2D eigenvalue weighted by molar-refractivity contribution is -0.0199. The van der Waals surface area contributed by atoms with Gasteiger partial charge < -0.3 is 30.0 Å². The van der Waals surface area contributed by atoms with Crippen molar-refractivity contribution in [3.05, 3.63) is 34.4 Å². The highest BCUT2D eigenvalue weighted by Crippen LogP contribution is 2.66. The molecule has 164 valence electrons. The number of hydrogen-bond acceptors (Lipinski definition) is 10. The summed E-state index contributed by atoms with van der Waals surface area (Å²) in [6.45, 7) is -1.14. The van der Waals surface area contributed by atoms with E-state index in [-0.39, 0.29) is 0 Å². The van der Waals surface area contributed by atoms with Crippen molar-refractivity contribution in [2.24, 2.45) is 0 Å². The van der Waals surface area contributed by atoms with Crippen LogP contribution in [0.4, 0.5) is 14.6 Å². The van der Waals surface area contributed by atoms with Crippen LogP contribution in [0.15, 0.2) is 22.9 Å². The van der Waals surface area contributed by atoms with Crippen LogP contribution in [0.3, 0.4) is 0 Å². The van der Waals surface area contributed by atoms with Gasteiger partial charge in [-0.3, -0.25) is 9.09 Å². The van der Waals surface area contributed by atoms with Crippen molar-refractivity contribution < 1.29 is 59.9 Å². The molecule has 2 unspecified atom stereocenters. The highest BCUT2D eigenvalue weighted by molar-refractivity contribution is 7.66. The van der Waals surface area contributed by atoms with Gasteiger partial charge in [0.25, 0.3) is 0 Å². The first-order valence-electron chi connectivity index (χ1n) is 6.94. The van der Waals surface area contributed by atoms with E-state index in [0.29, 0.717) is 16.8 Å². The summed E-state index contributed by atoms with van der Waals surface area (Å²) in [4.78, 5) is 49.9. The van der Waals surface area contributed by atoms with Gasteiger partial charge in [0.15, 0.2) is 17.9 Å². The SMILES string of the molecule is Nc1nc(=O)n([C@@H]2C=C(F)[C@H](COP(=O)(O)OP(=O)(O)OP(=O)(O)O)O2)cc1F. The average Bonchev–Trinajstić information content (AvgIpc) is 2.86. The van der Waals surface area contributed by atoms with E-state index >= 15 is 0 Å². The molecule has 29 heavy (non-hydrogen) atoms. The molecule has 4 atom stereocenters. The minimum atomic E-state index is -5.75. The zero-order valence-corrected chi connectivity index (χ0v) is 16.3. The summed E-state index contributed by atoms with van der Waals surface area (Å²) in [6.07, 6.45) is -2.05. The maximum Gasteiger partial charge on any atom is 0.490 e. The molecule has 6 N–H and O–H groups in total. The number of aromatic nitrogens is 2. The monoisotopic (exact) mass is 485 g/mol. The molecule has 0 spiro atoms. The fourth-order valence-corrected chi connectivity index (χ4v) is 4.90. The molecular weight excluding hydrogens is 473 g/mol. The molecule has 0 bridgehead atoms. The summed E-state index contributed by atoms with van der Waals surface area (Å²) in [6, 6.07) is 0. The van der Waals surface area contributed by atoms with E-state index in [0.717, 1.165) is 0 Å². The molecule has 0 amide bonds. The lowest BCUT2D eigenvalue weighted by atomic mass is 10.3. The molecule has 1 aliphatic rings. The Bertz CT molecular complexity index is 1020. The van der Waals surface area contributed by atoms with Gasteiger partial charge in [-0.05, 0) is 6.08 Å². The second kappa shape index (κ2) is 8.41. The zero-order valence-electron chi connectivity index (χ0n) is 13.6. The molecule has 0 saturated heterocycles. The van der Waals surface area contributed by atoms with Gasteiger partial charge >= 0.3 is 29.2 Å². The lowest BCUT2D eigenvalue weighted by Gasteiger charge is -2.19. The normalized spacial score (nSPS) is 24.0. The molecule has 0 aromatic carbocycles. The van der Waals surface area contributed by atoms with Crippen molar-refractivity contribution in [3.8, 4) is 0 Å². The molecule has 0 aliphatic carbocycles. The van der Waals surface area contributed by atoms with Crippen LogP contribution in [0.25, 0.3) is 0 Å². The minimum Gasteiger partial charge on any atom is -0.381 e. The number of ether oxygens (including phenoxy) is 1. The number of rotatable bonds is 8. The van der Waals surface area contributed by atoms with E-state index < -0.39 is 65.6 Å². The van der Waals surface area contributed by atoms with E-state index in [1.54, 1.807) is 0 Å². The largest absolute Gasteiger partial charge is 0.490 e. The maximum absolute atomic E-state index is 13.9. The molecule has 1 aromatic rings. The predicted molar refractivity (Wildman–Crippen MR) is 85.8 cm³/mol. The Morgan fingerprint density at radius 3 is 2.38 bits per heavy atom. The van der Waals surface area contributed by atoms with Gasteiger partial charge in [-0.15, -0.1) is 0 Å². The first kappa shape index (κ1) is 23.9. The Labute approximate surface area is 158 Å². The predicted octanol–water partition coefficient (Wildman–Crippen LogP) is 0.0587. The number of nitrogens with zero attached hydrogens (tertiary/aromatic N) is 2. The molecule has 0 radical (unpaired) electrons. The Morgan fingerprint density at radius 1 is 1.17 bits per heavy atom. The van der Waals surface area contributed by atoms with E-state index in [1.807, 2.05) is 0 Å². The lowest BCUT2D eigenvalue weighted by Crippen LogP contribution is -2.29. The fraction of sp³-hybridized carbons (Fsp3) is 0.333. The van der Waals surface area contributed by atoms with Crippen LogP contribution in [-0.4, -0.2) is 41.8 Å². The first-order chi connectivity index (χ1) is 13.1. The minimum absolute atomic E-state index is 0.510.